The van der Waals surface area contributed by atoms with Crippen LogP contribution in [0.15, 0.2) is 61.2 Å². The number of hydrogen-bond acceptors (Lipinski definition) is 3. The number of rotatable bonds is 10. The van der Waals surface area contributed by atoms with Crippen molar-refractivity contribution < 1.29 is 4.74 Å². The Labute approximate surface area is 166 Å². The summed E-state index contributed by atoms with van der Waals surface area (Å²) in [5.74, 6) is 2.99. The highest BCUT2D eigenvalue weighted by Gasteiger charge is 1.99. The van der Waals surface area contributed by atoms with Gasteiger partial charge in [-0.15, -0.1) is 0 Å². The minimum atomic E-state index is 0.509. The number of nitrogens with one attached hydrogen (secondary N) is 2. The normalized spacial score (nSPS) is 10.2. The molecule has 0 amide bonds. The quantitative estimate of drug-likeness (QED) is 0.334. The van der Waals surface area contributed by atoms with Gasteiger partial charge in [-0.05, 0) is 61.1 Å². The Bertz CT molecular complexity index is 701. The van der Waals surface area contributed by atoms with E-state index in [0.29, 0.717) is 11.7 Å². The fourth-order valence-electron chi connectivity index (χ4n) is 2.33. The van der Waals surface area contributed by atoms with E-state index in [-0.39, 0.29) is 0 Å². The van der Waals surface area contributed by atoms with Crippen LogP contribution in [0.25, 0.3) is 0 Å². The zero-order valence-corrected chi connectivity index (χ0v) is 16.8. The van der Waals surface area contributed by atoms with E-state index in [2.05, 4.69) is 48.4 Å². The van der Waals surface area contributed by atoms with Crippen molar-refractivity contribution in [2.45, 2.75) is 19.1 Å². The van der Waals surface area contributed by atoms with Crippen molar-refractivity contribution in [1.29, 1.82) is 0 Å². The first-order chi connectivity index (χ1) is 12.7. The Morgan fingerprint density at radius 2 is 2.04 bits per heavy atom. The van der Waals surface area contributed by atoms with Gasteiger partial charge in [0.15, 0.2) is 5.11 Å². The maximum Gasteiger partial charge on any atom is 0.170 e. The van der Waals surface area contributed by atoms with E-state index in [1.54, 1.807) is 6.08 Å². The Kier molecular flexibility index (Phi) is 9.07. The number of benzene rings is 2. The molecule has 5 heteroatoms. The van der Waals surface area contributed by atoms with Crippen LogP contribution in [0.1, 0.15) is 17.5 Å². The zero-order chi connectivity index (χ0) is 18.6. The second kappa shape index (κ2) is 11.6. The lowest BCUT2D eigenvalue weighted by atomic mass is 10.2. The molecule has 0 fully saturated rings. The van der Waals surface area contributed by atoms with Gasteiger partial charge in [0.2, 0.25) is 0 Å². The molecule has 3 nitrogen and oxygen atoms in total. The summed E-state index contributed by atoms with van der Waals surface area (Å²) in [6.45, 7) is 7.14. The second-order valence-electron chi connectivity index (χ2n) is 5.90. The number of thiocarbonyl (C=S) groups is 1. The number of hydrogen-bond donors (Lipinski definition) is 2. The Morgan fingerprint density at radius 1 is 1.23 bits per heavy atom. The standard InChI is InChI=1S/C21H26N2OS2/c1-3-13-24-20-10-8-19(9-11-20)23-21(25)22-12-5-14-26-16-18-7-4-6-17(2)15-18/h3-4,6-11,15H,1,5,12-14,16H2,2H3,(H2,22,23,25). The van der Waals surface area contributed by atoms with E-state index in [1.807, 2.05) is 36.0 Å². The molecule has 26 heavy (non-hydrogen) atoms. The number of ether oxygens (including phenoxy) is 1. The summed E-state index contributed by atoms with van der Waals surface area (Å²) >= 11 is 7.29. The topological polar surface area (TPSA) is 33.3 Å². The molecule has 2 rings (SSSR count). The molecule has 0 saturated heterocycles. The number of thioether (sulfide) groups is 1. The van der Waals surface area contributed by atoms with Crippen molar-refractivity contribution in [3.05, 3.63) is 72.3 Å². The van der Waals surface area contributed by atoms with Crippen LogP contribution >= 0.6 is 24.0 Å². The number of aryl methyl sites for hydroxylation is 1. The third-order valence-electron chi connectivity index (χ3n) is 3.58. The molecular weight excluding hydrogens is 360 g/mol. The molecule has 0 saturated carbocycles. The van der Waals surface area contributed by atoms with Crippen LogP contribution in [0.5, 0.6) is 5.75 Å². The Hall–Kier alpha value is -1.98. The van der Waals surface area contributed by atoms with E-state index in [9.17, 15) is 0 Å². The summed E-state index contributed by atoms with van der Waals surface area (Å²) in [4.78, 5) is 0. The molecule has 0 atom stereocenters. The van der Waals surface area contributed by atoms with Gasteiger partial charge in [-0.2, -0.15) is 11.8 Å². The van der Waals surface area contributed by atoms with Crippen molar-refractivity contribution in [1.82, 2.24) is 5.32 Å². The molecule has 0 unspecified atom stereocenters. The van der Waals surface area contributed by atoms with E-state index in [0.717, 1.165) is 35.9 Å². The molecule has 2 aromatic carbocycles. The molecule has 0 radical (unpaired) electrons. The number of anilines is 1. The van der Waals surface area contributed by atoms with Crippen LogP contribution in [0, 0.1) is 6.92 Å². The predicted molar refractivity (Wildman–Crippen MR) is 118 cm³/mol. The van der Waals surface area contributed by atoms with E-state index in [4.69, 9.17) is 17.0 Å². The van der Waals surface area contributed by atoms with Gasteiger partial charge in [0, 0.05) is 18.0 Å². The lowest BCUT2D eigenvalue weighted by Crippen LogP contribution is -2.29. The summed E-state index contributed by atoms with van der Waals surface area (Å²) in [5, 5.41) is 7.08. The first-order valence-corrected chi connectivity index (χ1v) is 10.3. The minimum Gasteiger partial charge on any atom is -0.490 e. The molecule has 0 spiro atoms. The van der Waals surface area contributed by atoms with Crippen LogP contribution in [0.3, 0.4) is 0 Å². The smallest absolute Gasteiger partial charge is 0.170 e. The second-order valence-corrected chi connectivity index (χ2v) is 7.41. The van der Waals surface area contributed by atoms with Gasteiger partial charge in [-0.25, -0.2) is 0 Å². The van der Waals surface area contributed by atoms with E-state index < -0.39 is 0 Å². The van der Waals surface area contributed by atoms with Crippen molar-refractivity contribution >= 4 is 34.8 Å². The third-order valence-corrected chi connectivity index (χ3v) is 4.94. The molecule has 0 bridgehead atoms. The van der Waals surface area contributed by atoms with Crippen LogP contribution in [-0.4, -0.2) is 24.0 Å². The molecule has 0 aliphatic carbocycles. The first kappa shape index (κ1) is 20.3. The monoisotopic (exact) mass is 386 g/mol. The minimum absolute atomic E-state index is 0.509. The lowest BCUT2D eigenvalue weighted by Gasteiger charge is -2.11. The fraction of sp³-hybridized carbons (Fsp3) is 0.286. The van der Waals surface area contributed by atoms with Gasteiger partial charge in [-0.1, -0.05) is 42.5 Å². The maximum atomic E-state index is 5.46. The molecule has 0 heterocycles. The average Bonchev–Trinajstić information content (AvgIpc) is 2.64. The summed E-state index contributed by atoms with van der Waals surface area (Å²) in [7, 11) is 0. The summed E-state index contributed by atoms with van der Waals surface area (Å²) in [6, 6.07) is 16.4. The highest BCUT2D eigenvalue weighted by molar-refractivity contribution is 7.98. The van der Waals surface area contributed by atoms with E-state index in [1.165, 1.54) is 11.1 Å². The van der Waals surface area contributed by atoms with Crippen molar-refractivity contribution in [2.75, 3.05) is 24.2 Å². The average molecular weight is 387 g/mol. The van der Waals surface area contributed by atoms with Crippen molar-refractivity contribution in [3.8, 4) is 5.75 Å². The van der Waals surface area contributed by atoms with Gasteiger partial charge >= 0.3 is 0 Å². The maximum absolute atomic E-state index is 5.46. The molecule has 2 aromatic rings. The van der Waals surface area contributed by atoms with Gasteiger partial charge in [0.1, 0.15) is 12.4 Å². The summed E-state index contributed by atoms with van der Waals surface area (Å²) in [6.07, 6.45) is 2.80. The zero-order valence-electron chi connectivity index (χ0n) is 15.2. The SMILES string of the molecule is C=CCOc1ccc(NC(=S)NCCCSCc2cccc(C)c2)cc1. The van der Waals surface area contributed by atoms with Crippen LogP contribution in [0.2, 0.25) is 0 Å². The molecule has 2 N–H and O–H groups in total. The van der Waals surface area contributed by atoms with Gasteiger partial charge in [0.05, 0.1) is 0 Å². The molecular formula is C21H26N2OS2. The molecule has 138 valence electrons. The summed E-state index contributed by atoms with van der Waals surface area (Å²) < 4.78 is 5.46. The first-order valence-electron chi connectivity index (χ1n) is 8.69. The lowest BCUT2D eigenvalue weighted by molar-refractivity contribution is 0.363. The summed E-state index contributed by atoms with van der Waals surface area (Å²) in [5.41, 5.74) is 3.66. The van der Waals surface area contributed by atoms with E-state index >= 15 is 0 Å². The highest BCUT2D eigenvalue weighted by atomic mass is 32.2. The van der Waals surface area contributed by atoms with Crippen LogP contribution in [-0.2, 0) is 5.75 Å². The largest absolute Gasteiger partial charge is 0.490 e. The van der Waals surface area contributed by atoms with Crippen molar-refractivity contribution in [3.63, 3.8) is 0 Å². The predicted octanol–water partition coefficient (Wildman–Crippen LogP) is 5.17. The van der Waals surface area contributed by atoms with Crippen molar-refractivity contribution in [2.24, 2.45) is 0 Å². The van der Waals surface area contributed by atoms with Gasteiger partial charge < -0.3 is 15.4 Å². The Morgan fingerprint density at radius 3 is 2.77 bits per heavy atom. The van der Waals surface area contributed by atoms with Gasteiger partial charge in [-0.3, -0.25) is 0 Å². The molecule has 0 aliphatic rings. The third kappa shape index (κ3) is 7.93. The Balaban J connectivity index is 1.58. The molecule has 0 aliphatic heterocycles. The van der Waals surface area contributed by atoms with Crippen LogP contribution in [0.4, 0.5) is 5.69 Å². The highest BCUT2D eigenvalue weighted by Crippen LogP contribution is 2.16. The fourth-order valence-corrected chi connectivity index (χ4v) is 3.46. The van der Waals surface area contributed by atoms with Crippen LogP contribution < -0.4 is 15.4 Å². The van der Waals surface area contributed by atoms with Gasteiger partial charge in [0.25, 0.3) is 0 Å². The molecule has 0 aromatic heterocycles.